The highest BCUT2D eigenvalue weighted by Crippen LogP contribution is 2.21. The lowest BCUT2D eigenvalue weighted by Gasteiger charge is -2.11. The Bertz CT molecular complexity index is 1270. The lowest BCUT2D eigenvalue weighted by Crippen LogP contribution is -2.29. The number of hydrogen-bond donors (Lipinski definition) is 1. The van der Waals surface area contributed by atoms with Gasteiger partial charge in [-0.15, -0.1) is 0 Å². The van der Waals surface area contributed by atoms with E-state index in [1.165, 1.54) is 6.07 Å². The van der Waals surface area contributed by atoms with Crippen molar-refractivity contribution in [3.05, 3.63) is 111 Å². The summed E-state index contributed by atoms with van der Waals surface area (Å²) in [6.07, 6.45) is 1.70. The maximum absolute atomic E-state index is 12.9. The number of anilines is 1. The molecular formula is C24H19ClN2O2. The van der Waals surface area contributed by atoms with Crippen LogP contribution in [0.4, 0.5) is 5.69 Å². The maximum Gasteiger partial charge on any atom is 0.263 e. The van der Waals surface area contributed by atoms with Gasteiger partial charge in [0.05, 0.1) is 6.54 Å². The predicted octanol–water partition coefficient (Wildman–Crippen LogP) is 5.26. The van der Waals surface area contributed by atoms with Crippen LogP contribution in [-0.4, -0.2) is 10.5 Å². The third-order valence-electron chi connectivity index (χ3n) is 4.92. The van der Waals surface area contributed by atoms with Gasteiger partial charge in [0.2, 0.25) is 0 Å². The molecule has 0 saturated heterocycles. The van der Waals surface area contributed by atoms with Crippen molar-refractivity contribution in [2.24, 2.45) is 0 Å². The van der Waals surface area contributed by atoms with Gasteiger partial charge in [-0.05, 0) is 53.1 Å². The average molecular weight is 403 g/mol. The van der Waals surface area contributed by atoms with E-state index in [-0.39, 0.29) is 11.1 Å². The van der Waals surface area contributed by atoms with Gasteiger partial charge in [-0.2, -0.15) is 0 Å². The number of benzene rings is 3. The summed E-state index contributed by atoms with van der Waals surface area (Å²) in [6, 6.07) is 22.5. The van der Waals surface area contributed by atoms with Crippen molar-refractivity contribution in [1.82, 2.24) is 4.57 Å². The van der Waals surface area contributed by atoms with Crippen molar-refractivity contribution in [3.63, 3.8) is 0 Å². The van der Waals surface area contributed by atoms with Crippen LogP contribution < -0.4 is 10.9 Å². The Labute approximate surface area is 173 Å². The Morgan fingerprint density at radius 2 is 1.79 bits per heavy atom. The van der Waals surface area contributed by atoms with Gasteiger partial charge in [0.1, 0.15) is 5.56 Å². The number of fused-ring (bicyclic) bond motifs is 1. The van der Waals surface area contributed by atoms with E-state index in [4.69, 9.17) is 11.6 Å². The highest BCUT2D eigenvalue weighted by molar-refractivity contribution is 6.31. The Hall–Kier alpha value is -3.37. The van der Waals surface area contributed by atoms with Crippen LogP contribution in [0, 0.1) is 6.92 Å². The van der Waals surface area contributed by atoms with Crippen LogP contribution >= 0.6 is 11.6 Å². The number of hydrogen-bond acceptors (Lipinski definition) is 2. The molecule has 0 aliphatic heterocycles. The van der Waals surface area contributed by atoms with Crippen LogP contribution in [0.3, 0.4) is 0 Å². The van der Waals surface area contributed by atoms with Crippen molar-refractivity contribution in [3.8, 4) is 0 Å². The largest absolute Gasteiger partial charge is 0.322 e. The first-order valence-electron chi connectivity index (χ1n) is 9.26. The van der Waals surface area contributed by atoms with Gasteiger partial charge in [0.25, 0.3) is 11.5 Å². The molecule has 0 aliphatic rings. The fourth-order valence-electron chi connectivity index (χ4n) is 3.32. The van der Waals surface area contributed by atoms with E-state index in [1.54, 1.807) is 29.0 Å². The Morgan fingerprint density at radius 1 is 1.00 bits per heavy atom. The smallest absolute Gasteiger partial charge is 0.263 e. The summed E-state index contributed by atoms with van der Waals surface area (Å²) in [6.45, 7) is 2.27. The molecule has 0 aliphatic carbocycles. The Kier molecular flexibility index (Phi) is 5.19. The number of nitrogens with one attached hydrogen (secondary N) is 1. The van der Waals surface area contributed by atoms with Crippen LogP contribution in [0.15, 0.2) is 83.8 Å². The zero-order valence-electron chi connectivity index (χ0n) is 15.9. The lowest BCUT2D eigenvalue weighted by atomic mass is 10.0. The standard InChI is InChI=1S/C24H19ClN2O2/c1-16-11-12-19(14-22(16)25)26-23(28)21-10-5-13-27(24(21)29)15-18-8-4-7-17-6-2-3-9-20(17)18/h2-14H,15H2,1H3,(H,26,28). The van der Waals surface area contributed by atoms with E-state index in [9.17, 15) is 9.59 Å². The summed E-state index contributed by atoms with van der Waals surface area (Å²) < 4.78 is 1.55. The SMILES string of the molecule is Cc1ccc(NC(=O)c2cccn(Cc3cccc4ccccc34)c2=O)cc1Cl. The summed E-state index contributed by atoms with van der Waals surface area (Å²) in [7, 11) is 0. The molecule has 29 heavy (non-hydrogen) atoms. The number of halogens is 1. The van der Waals surface area contributed by atoms with E-state index < -0.39 is 5.91 Å². The average Bonchev–Trinajstić information content (AvgIpc) is 2.72. The summed E-state index contributed by atoms with van der Waals surface area (Å²) in [4.78, 5) is 25.6. The van der Waals surface area contributed by atoms with Crippen molar-refractivity contribution in [2.45, 2.75) is 13.5 Å². The quantitative estimate of drug-likeness (QED) is 0.506. The number of aryl methyl sites for hydroxylation is 1. The van der Waals surface area contributed by atoms with Gasteiger partial charge >= 0.3 is 0 Å². The molecule has 144 valence electrons. The summed E-state index contributed by atoms with van der Waals surface area (Å²) in [5, 5.41) is 5.51. The molecule has 1 heterocycles. The van der Waals surface area contributed by atoms with Gasteiger partial charge < -0.3 is 9.88 Å². The van der Waals surface area contributed by atoms with Crippen LogP contribution in [0.2, 0.25) is 5.02 Å². The number of nitrogens with zero attached hydrogens (tertiary/aromatic N) is 1. The third-order valence-corrected chi connectivity index (χ3v) is 5.32. The second-order valence-electron chi connectivity index (χ2n) is 6.91. The zero-order valence-corrected chi connectivity index (χ0v) is 16.6. The topological polar surface area (TPSA) is 51.1 Å². The van der Waals surface area contributed by atoms with E-state index in [2.05, 4.69) is 5.32 Å². The first-order chi connectivity index (χ1) is 14.0. The second kappa shape index (κ2) is 7.94. The van der Waals surface area contributed by atoms with Gasteiger partial charge in [-0.3, -0.25) is 9.59 Å². The molecule has 4 aromatic rings. The van der Waals surface area contributed by atoms with E-state index in [1.807, 2.05) is 55.5 Å². The molecule has 4 rings (SSSR count). The van der Waals surface area contributed by atoms with Gasteiger partial charge in [-0.25, -0.2) is 0 Å². The second-order valence-corrected chi connectivity index (χ2v) is 7.32. The number of aromatic nitrogens is 1. The molecule has 1 aromatic heterocycles. The van der Waals surface area contributed by atoms with E-state index in [0.29, 0.717) is 17.3 Å². The molecule has 1 N–H and O–H groups in total. The Balaban J connectivity index is 1.64. The zero-order chi connectivity index (χ0) is 20.4. The van der Waals surface area contributed by atoms with Crippen molar-refractivity contribution in [2.75, 3.05) is 5.32 Å². The summed E-state index contributed by atoms with van der Waals surface area (Å²) >= 11 is 6.12. The molecule has 1 amide bonds. The minimum atomic E-state index is -0.456. The van der Waals surface area contributed by atoms with E-state index in [0.717, 1.165) is 21.9 Å². The Morgan fingerprint density at radius 3 is 2.62 bits per heavy atom. The molecule has 0 atom stereocenters. The monoisotopic (exact) mass is 402 g/mol. The van der Waals surface area contributed by atoms with Gasteiger partial charge in [0, 0.05) is 16.9 Å². The summed E-state index contributed by atoms with van der Waals surface area (Å²) in [5.74, 6) is -0.456. The van der Waals surface area contributed by atoms with Crippen molar-refractivity contribution < 1.29 is 4.79 Å². The van der Waals surface area contributed by atoms with Crippen LogP contribution in [0.1, 0.15) is 21.5 Å². The molecule has 0 radical (unpaired) electrons. The third kappa shape index (κ3) is 3.93. The molecule has 0 fully saturated rings. The maximum atomic E-state index is 12.9. The fourth-order valence-corrected chi connectivity index (χ4v) is 3.50. The molecule has 3 aromatic carbocycles. The highest BCUT2D eigenvalue weighted by Gasteiger charge is 2.13. The molecule has 5 heteroatoms. The van der Waals surface area contributed by atoms with Crippen LogP contribution in [-0.2, 0) is 6.54 Å². The number of carbonyl (C=O) groups excluding carboxylic acids is 1. The first-order valence-corrected chi connectivity index (χ1v) is 9.64. The molecule has 4 nitrogen and oxygen atoms in total. The normalized spacial score (nSPS) is 10.8. The lowest BCUT2D eigenvalue weighted by molar-refractivity contribution is 0.102. The predicted molar refractivity (Wildman–Crippen MR) is 118 cm³/mol. The van der Waals surface area contributed by atoms with Crippen molar-refractivity contribution >= 4 is 34.0 Å². The van der Waals surface area contributed by atoms with Crippen LogP contribution in [0.5, 0.6) is 0 Å². The minimum Gasteiger partial charge on any atom is -0.322 e. The number of rotatable bonds is 4. The number of pyridine rings is 1. The first kappa shape index (κ1) is 19.0. The fraction of sp³-hybridized carbons (Fsp3) is 0.0833. The van der Waals surface area contributed by atoms with Crippen molar-refractivity contribution in [1.29, 1.82) is 0 Å². The molecule has 0 bridgehead atoms. The molecular weight excluding hydrogens is 384 g/mol. The van der Waals surface area contributed by atoms with E-state index >= 15 is 0 Å². The molecule has 0 saturated carbocycles. The molecule has 0 spiro atoms. The summed E-state index contributed by atoms with van der Waals surface area (Å²) in [5.41, 5.74) is 2.24. The number of amides is 1. The van der Waals surface area contributed by atoms with Crippen LogP contribution in [0.25, 0.3) is 10.8 Å². The highest BCUT2D eigenvalue weighted by atomic mass is 35.5. The minimum absolute atomic E-state index is 0.0874. The molecule has 0 unspecified atom stereocenters. The van der Waals surface area contributed by atoms with Gasteiger partial charge in [-0.1, -0.05) is 60.1 Å². The van der Waals surface area contributed by atoms with Gasteiger partial charge in [0.15, 0.2) is 0 Å². The number of carbonyl (C=O) groups is 1.